The highest BCUT2D eigenvalue weighted by atomic mass is 16.5. The number of aromatic nitrogens is 4. The highest BCUT2D eigenvalue weighted by Crippen LogP contribution is 2.53. The molecule has 3 aliphatic rings. The van der Waals surface area contributed by atoms with Crippen molar-refractivity contribution in [1.29, 1.82) is 0 Å². The first-order chi connectivity index (χ1) is 27.4. The Morgan fingerprint density at radius 2 is 1.64 bits per heavy atom. The van der Waals surface area contributed by atoms with Crippen LogP contribution in [0.4, 0.5) is 11.5 Å². The summed E-state index contributed by atoms with van der Waals surface area (Å²) in [6.07, 6.45) is 11.6. The first-order valence-electron chi connectivity index (χ1n) is 20.8. The molecule has 0 bridgehead atoms. The Hall–Kier alpha value is -5.16. The van der Waals surface area contributed by atoms with E-state index in [-0.39, 0.29) is 28.3 Å². The Morgan fingerprint density at radius 3 is 2.26 bits per heavy atom. The van der Waals surface area contributed by atoms with E-state index in [1.165, 1.54) is 23.2 Å². The van der Waals surface area contributed by atoms with Gasteiger partial charge in [0.05, 0.1) is 18.0 Å². The maximum Gasteiger partial charge on any atom is 0.274 e. The van der Waals surface area contributed by atoms with Gasteiger partial charge in [-0.1, -0.05) is 33.8 Å². The fraction of sp³-hybridized carbons (Fsp3) is 0.489. The van der Waals surface area contributed by atoms with E-state index in [4.69, 9.17) is 4.74 Å². The van der Waals surface area contributed by atoms with Gasteiger partial charge in [-0.05, 0) is 123 Å². The summed E-state index contributed by atoms with van der Waals surface area (Å²) >= 11 is 0. The Balaban J connectivity index is 0.875. The van der Waals surface area contributed by atoms with Crippen LogP contribution in [0.3, 0.4) is 0 Å². The van der Waals surface area contributed by atoms with Crippen LogP contribution in [0.2, 0.25) is 0 Å². The number of hydrogen-bond acceptors (Lipinski definition) is 8. The number of hydrogen-bond donors (Lipinski definition) is 3. The summed E-state index contributed by atoms with van der Waals surface area (Å²) in [6, 6.07) is 12.0. The third kappa shape index (κ3) is 7.49. The molecular weight excluding hydrogens is 727 g/mol. The molecule has 2 saturated heterocycles. The van der Waals surface area contributed by atoms with Gasteiger partial charge in [0.2, 0.25) is 0 Å². The quantitative estimate of drug-likeness (QED) is 0.129. The van der Waals surface area contributed by atoms with Crippen molar-refractivity contribution in [1.82, 2.24) is 24.8 Å². The normalized spacial score (nSPS) is 18.6. The molecule has 306 valence electrons. The van der Waals surface area contributed by atoms with Crippen LogP contribution in [-0.4, -0.2) is 62.8 Å². The lowest BCUT2D eigenvalue weighted by molar-refractivity contribution is -0.0367. The Kier molecular flexibility index (Phi) is 9.97. The lowest BCUT2D eigenvalue weighted by Gasteiger charge is -2.57. The van der Waals surface area contributed by atoms with Crippen LogP contribution in [-0.2, 0) is 12.6 Å². The molecule has 0 atom stereocenters. The van der Waals surface area contributed by atoms with Gasteiger partial charge in [0.25, 0.3) is 11.5 Å². The minimum atomic E-state index is -1.05. The van der Waals surface area contributed by atoms with E-state index in [9.17, 15) is 14.7 Å². The van der Waals surface area contributed by atoms with Crippen molar-refractivity contribution in [2.24, 2.45) is 29.7 Å². The van der Waals surface area contributed by atoms with Crippen molar-refractivity contribution in [3.63, 3.8) is 0 Å². The number of ether oxygens (including phenoxy) is 1. The fourth-order valence-corrected chi connectivity index (χ4v) is 10.6. The number of aryl methyl sites for hydroxylation is 3. The Bertz CT molecular complexity index is 2370. The van der Waals surface area contributed by atoms with E-state index in [0.717, 1.165) is 79.1 Å². The molecule has 11 nitrogen and oxygen atoms in total. The molecular formula is C47H59N7O4. The van der Waals surface area contributed by atoms with E-state index < -0.39 is 5.60 Å². The number of carbonyl (C=O) groups excluding carboxylic acids is 1. The zero-order valence-corrected chi connectivity index (χ0v) is 35.6. The van der Waals surface area contributed by atoms with Crippen molar-refractivity contribution in [3.05, 3.63) is 93.9 Å². The molecule has 1 amide bonds. The largest absolute Gasteiger partial charge is 0.457 e. The van der Waals surface area contributed by atoms with Crippen molar-refractivity contribution >= 4 is 28.3 Å². The number of aliphatic hydroxyl groups is 1. The van der Waals surface area contributed by atoms with Crippen LogP contribution in [0.15, 0.2) is 66.0 Å². The number of H-pyrrole nitrogens is 1. The first-order valence-corrected chi connectivity index (χ1v) is 20.8. The maximum absolute atomic E-state index is 13.0. The molecule has 2 aromatic carbocycles. The van der Waals surface area contributed by atoms with Crippen LogP contribution in [0, 0.1) is 36.5 Å². The smallest absolute Gasteiger partial charge is 0.274 e. The molecule has 1 saturated carbocycles. The molecule has 0 unspecified atom stereocenters. The number of rotatable bonds is 10. The van der Waals surface area contributed by atoms with E-state index in [2.05, 4.69) is 83.7 Å². The maximum atomic E-state index is 13.0. The lowest BCUT2D eigenvalue weighted by Crippen LogP contribution is -2.63. The molecule has 0 spiro atoms. The predicted molar refractivity (Wildman–Crippen MR) is 231 cm³/mol. The number of amides is 1. The van der Waals surface area contributed by atoms with Crippen molar-refractivity contribution < 1.29 is 14.6 Å². The summed E-state index contributed by atoms with van der Waals surface area (Å²) in [5.41, 5.74) is 5.96. The molecule has 8 rings (SSSR count). The number of benzene rings is 2. The van der Waals surface area contributed by atoms with Gasteiger partial charge in [-0.2, -0.15) is 0 Å². The van der Waals surface area contributed by atoms with Crippen molar-refractivity contribution in [2.45, 2.75) is 92.7 Å². The average Bonchev–Trinajstić information content (AvgIpc) is 3.64. The summed E-state index contributed by atoms with van der Waals surface area (Å²) in [6.45, 7) is 20.7. The van der Waals surface area contributed by atoms with Crippen LogP contribution < -0.4 is 25.4 Å². The number of pyridine rings is 1. The second-order valence-electron chi connectivity index (χ2n) is 19.3. The van der Waals surface area contributed by atoms with Gasteiger partial charge in [0.15, 0.2) is 0 Å². The van der Waals surface area contributed by atoms with E-state index in [0.29, 0.717) is 28.8 Å². The van der Waals surface area contributed by atoms with Gasteiger partial charge in [-0.15, -0.1) is 0 Å². The minimum absolute atomic E-state index is 0.0828. The topological polar surface area (TPSA) is 129 Å². The highest BCUT2D eigenvalue weighted by molar-refractivity contribution is 5.96. The van der Waals surface area contributed by atoms with Gasteiger partial charge in [-0.25, -0.2) is 9.97 Å². The number of fused-ring (bicyclic) bond motifs is 1. The van der Waals surface area contributed by atoms with Gasteiger partial charge in [-0.3, -0.25) is 9.59 Å². The van der Waals surface area contributed by atoms with Crippen LogP contribution in [0.5, 0.6) is 11.5 Å². The summed E-state index contributed by atoms with van der Waals surface area (Å²) in [5.74, 6) is 3.46. The molecule has 1 aliphatic carbocycles. The zero-order valence-electron chi connectivity index (χ0n) is 35.6. The first kappa shape index (κ1) is 39.7. The van der Waals surface area contributed by atoms with Crippen LogP contribution >= 0.6 is 0 Å². The lowest BCUT2D eigenvalue weighted by atomic mass is 9.52. The standard InChI is InChI=1S/C47H59N7O4/c1-28-18-33(58-38-11-10-32(47(7,8)57)21-35(38)36-26-52(9)43(56)40-34(36)12-15-48-40)19-29(2)41(28)54-24-31(25-54)20-30-13-16-53(17-14-30)39-23-49-37(22-50-39)42(55)51-44-45(3,4)27-46(44,5)6/h10-12,15,18-19,21-23,26,30-31,44,48,57H,13-14,16-17,20,24-25,27H2,1-9H3,(H,51,55). The second kappa shape index (κ2) is 14.6. The molecule has 5 heterocycles. The molecule has 58 heavy (non-hydrogen) atoms. The summed E-state index contributed by atoms with van der Waals surface area (Å²) in [4.78, 5) is 43.0. The van der Waals surface area contributed by atoms with Crippen LogP contribution in [0.25, 0.3) is 22.0 Å². The number of nitrogens with zero attached hydrogens (tertiary/aromatic N) is 5. The van der Waals surface area contributed by atoms with Crippen molar-refractivity contribution in [2.75, 3.05) is 36.0 Å². The Morgan fingerprint density at radius 1 is 0.948 bits per heavy atom. The number of nitrogens with one attached hydrogen (secondary N) is 2. The number of anilines is 2. The predicted octanol–water partition coefficient (Wildman–Crippen LogP) is 8.26. The van der Waals surface area contributed by atoms with Crippen LogP contribution in [0.1, 0.15) is 94.4 Å². The molecule has 2 aliphatic heterocycles. The molecule has 3 N–H and O–H groups in total. The second-order valence-corrected chi connectivity index (χ2v) is 19.3. The van der Waals surface area contributed by atoms with E-state index in [1.54, 1.807) is 44.1 Å². The molecule has 3 aromatic heterocycles. The van der Waals surface area contributed by atoms with Gasteiger partial charge in [0, 0.05) is 73.9 Å². The third-order valence-corrected chi connectivity index (χ3v) is 13.1. The van der Waals surface area contributed by atoms with E-state index >= 15 is 0 Å². The van der Waals surface area contributed by atoms with Gasteiger partial charge < -0.3 is 34.5 Å². The van der Waals surface area contributed by atoms with Crippen molar-refractivity contribution in [3.8, 4) is 22.6 Å². The zero-order chi connectivity index (χ0) is 41.3. The summed E-state index contributed by atoms with van der Waals surface area (Å²) in [7, 11) is 1.75. The average molecular weight is 786 g/mol. The summed E-state index contributed by atoms with van der Waals surface area (Å²) < 4.78 is 8.24. The minimum Gasteiger partial charge on any atom is -0.457 e. The molecule has 11 heteroatoms. The number of piperidine rings is 1. The summed E-state index contributed by atoms with van der Waals surface area (Å²) in [5, 5.41) is 14.9. The fourth-order valence-electron chi connectivity index (χ4n) is 10.6. The monoisotopic (exact) mass is 785 g/mol. The third-order valence-electron chi connectivity index (χ3n) is 13.1. The Labute approximate surface area is 341 Å². The highest BCUT2D eigenvalue weighted by Gasteiger charge is 2.53. The van der Waals surface area contributed by atoms with Gasteiger partial charge in [0.1, 0.15) is 28.5 Å². The number of aromatic amines is 1. The van der Waals surface area contributed by atoms with Gasteiger partial charge >= 0.3 is 0 Å². The molecule has 3 fully saturated rings. The SMILES string of the molecule is Cc1cc(Oc2ccc(C(C)(C)O)cc2-c2cn(C)c(=O)c3[nH]ccc23)cc(C)c1N1CC(CC2CCN(c3cnc(C(=O)NC4C(C)(C)CC4(C)C)cn3)CC2)C1. The number of carbonyl (C=O) groups is 1. The molecule has 0 radical (unpaired) electrons. The molecule has 5 aromatic rings. The van der Waals surface area contributed by atoms with E-state index in [1.807, 2.05) is 30.5 Å².